The first-order valence-corrected chi connectivity index (χ1v) is 2.88. The van der Waals surface area contributed by atoms with Gasteiger partial charge >= 0.3 is 0 Å². The number of nitrogens with one attached hydrogen (secondary N) is 1. The molecule has 10 heavy (non-hydrogen) atoms. The standard InChI is InChI=1S/C7H8N2O/c8-6-2-1-3-7(4-6)9-5-10/h1-5H,8H2,(H,9,10). The molecule has 0 fully saturated rings. The van der Waals surface area contributed by atoms with Crippen molar-refractivity contribution in [1.29, 1.82) is 0 Å². The van der Waals surface area contributed by atoms with Crippen molar-refractivity contribution in [1.82, 2.24) is 0 Å². The largest absolute Gasteiger partial charge is 0.399 e. The van der Waals surface area contributed by atoms with Gasteiger partial charge < -0.3 is 11.1 Å². The average Bonchev–Trinajstić information content (AvgIpc) is 1.88. The highest BCUT2D eigenvalue weighted by molar-refractivity contribution is 5.72. The average molecular weight is 136 g/mol. The molecule has 0 saturated carbocycles. The van der Waals surface area contributed by atoms with Gasteiger partial charge in [-0.3, -0.25) is 4.79 Å². The molecule has 0 aliphatic rings. The number of nitrogens with two attached hydrogens (primary N) is 1. The molecule has 0 radical (unpaired) electrons. The highest BCUT2D eigenvalue weighted by Gasteiger charge is 1.87. The minimum absolute atomic E-state index is 0.620. The van der Waals surface area contributed by atoms with Gasteiger partial charge in [0, 0.05) is 11.4 Å². The van der Waals surface area contributed by atoms with Crippen LogP contribution in [0.15, 0.2) is 24.3 Å². The van der Waals surface area contributed by atoms with E-state index in [-0.39, 0.29) is 0 Å². The lowest BCUT2D eigenvalue weighted by Gasteiger charge is -1.97. The summed E-state index contributed by atoms with van der Waals surface area (Å²) < 4.78 is 0. The Hall–Kier alpha value is -1.51. The van der Waals surface area contributed by atoms with Crippen LogP contribution in [0.1, 0.15) is 0 Å². The van der Waals surface area contributed by atoms with Gasteiger partial charge in [-0.1, -0.05) is 6.07 Å². The minimum Gasteiger partial charge on any atom is -0.399 e. The van der Waals surface area contributed by atoms with Crippen molar-refractivity contribution in [3.63, 3.8) is 0 Å². The Labute approximate surface area is 58.8 Å². The molecule has 3 N–H and O–H groups in total. The number of anilines is 2. The lowest BCUT2D eigenvalue weighted by molar-refractivity contribution is -0.105. The molecule has 0 aliphatic carbocycles. The number of carbonyl (C=O) groups is 1. The molecule has 0 bridgehead atoms. The number of amides is 1. The van der Waals surface area contributed by atoms with E-state index in [4.69, 9.17) is 5.73 Å². The monoisotopic (exact) mass is 136 g/mol. The lowest BCUT2D eigenvalue weighted by Crippen LogP contribution is -1.94. The van der Waals surface area contributed by atoms with Crippen molar-refractivity contribution in [2.45, 2.75) is 0 Å². The van der Waals surface area contributed by atoms with E-state index in [1.807, 2.05) is 0 Å². The van der Waals surface area contributed by atoms with E-state index in [2.05, 4.69) is 5.32 Å². The number of carbonyl (C=O) groups excluding carboxylic acids is 1. The SMILES string of the molecule is Nc1cccc(NC=O)c1. The molecule has 0 heterocycles. The third-order valence-electron chi connectivity index (χ3n) is 1.11. The van der Waals surface area contributed by atoms with Crippen LogP contribution in [-0.2, 0) is 4.79 Å². The predicted molar refractivity (Wildman–Crippen MR) is 40.5 cm³/mol. The molecule has 1 rings (SSSR count). The summed E-state index contributed by atoms with van der Waals surface area (Å²) in [6.45, 7) is 0. The third-order valence-corrected chi connectivity index (χ3v) is 1.11. The minimum atomic E-state index is 0.620. The molecule has 0 spiro atoms. The Balaban J connectivity index is 2.84. The van der Waals surface area contributed by atoms with Crippen LogP contribution in [0.3, 0.4) is 0 Å². The summed E-state index contributed by atoms with van der Waals surface area (Å²) in [5.74, 6) is 0. The smallest absolute Gasteiger partial charge is 0.211 e. The Morgan fingerprint density at radius 1 is 1.50 bits per heavy atom. The molecule has 0 aliphatic heterocycles. The molecule has 0 saturated heterocycles. The summed E-state index contributed by atoms with van der Waals surface area (Å²) in [4.78, 5) is 9.93. The summed E-state index contributed by atoms with van der Waals surface area (Å²) in [5.41, 5.74) is 6.80. The van der Waals surface area contributed by atoms with Gasteiger partial charge in [0.2, 0.25) is 6.41 Å². The fourth-order valence-electron chi connectivity index (χ4n) is 0.696. The van der Waals surface area contributed by atoms with Crippen LogP contribution < -0.4 is 11.1 Å². The highest BCUT2D eigenvalue weighted by atomic mass is 16.1. The van der Waals surface area contributed by atoms with Crippen molar-refractivity contribution in [2.24, 2.45) is 0 Å². The third kappa shape index (κ3) is 1.48. The van der Waals surface area contributed by atoms with Gasteiger partial charge in [0.15, 0.2) is 0 Å². The number of benzene rings is 1. The van der Waals surface area contributed by atoms with Gasteiger partial charge in [-0.2, -0.15) is 0 Å². The summed E-state index contributed by atoms with van der Waals surface area (Å²) in [6.07, 6.45) is 0.620. The van der Waals surface area contributed by atoms with Crippen LogP contribution in [0.2, 0.25) is 0 Å². The maximum atomic E-state index is 9.93. The van der Waals surface area contributed by atoms with Crippen molar-refractivity contribution in [2.75, 3.05) is 11.1 Å². The molecule has 3 nitrogen and oxygen atoms in total. The number of hydrogen-bond donors (Lipinski definition) is 2. The quantitative estimate of drug-likeness (QED) is 0.467. The Bertz CT molecular complexity index is 235. The molecule has 1 aromatic rings. The van der Waals surface area contributed by atoms with E-state index < -0.39 is 0 Å². The van der Waals surface area contributed by atoms with Gasteiger partial charge in [-0.15, -0.1) is 0 Å². The van der Waals surface area contributed by atoms with Crippen LogP contribution in [0.5, 0.6) is 0 Å². The molecular formula is C7H8N2O. The first-order valence-electron chi connectivity index (χ1n) is 2.88. The van der Waals surface area contributed by atoms with E-state index in [1.165, 1.54) is 0 Å². The second-order valence-corrected chi connectivity index (χ2v) is 1.89. The fourth-order valence-corrected chi connectivity index (χ4v) is 0.696. The van der Waals surface area contributed by atoms with E-state index in [0.717, 1.165) is 5.69 Å². The molecule has 3 heteroatoms. The second-order valence-electron chi connectivity index (χ2n) is 1.89. The van der Waals surface area contributed by atoms with E-state index in [9.17, 15) is 4.79 Å². The molecule has 1 aromatic carbocycles. The summed E-state index contributed by atoms with van der Waals surface area (Å²) >= 11 is 0. The van der Waals surface area contributed by atoms with Crippen molar-refractivity contribution in [3.05, 3.63) is 24.3 Å². The van der Waals surface area contributed by atoms with Crippen molar-refractivity contribution < 1.29 is 4.79 Å². The van der Waals surface area contributed by atoms with Gasteiger partial charge in [-0.25, -0.2) is 0 Å². The first-order chi connectivity index (χ1) is 4.83. The Morgan fingerprint density at radius 2 is 2.30 bits per heavy atom. The fraction of sp³-hybridized carbons (Fsp3) is 0. The first kappa shape index (κ1) is 6.61. The summed E-state index contributed by atoms with van der Waals surface area (Å²) in [7, 11) is 0. The number of hydrogen-bond acceptors (Lipinski definition) is 2. The zero-order chi connectivity index (χ0) is 7.40. The van der Waals surface area contributed by atoms with Crippen molar-refractivity contribution in [3.8, 4) is 0 Å². The van der Waals surface area contributed by atoms with Crippen LogP contribution in [0.25, 0.3) is 0 Å². The Kier molecular flexibility index (Phi) is 1.89. The maximum absolute atomic E-state index is 9.93. The van der Waals surface area contributed by atoms with Gasteiger partial charge in [0.25, 0.3) is 0 Å². The molecule has 1 amide bonds. The second kappa shape index (κ2) is 2.87. The topological polar surface area (TPSA) is 55.1 Å². The zero-order valence-corrected chi connectivity index (χ0v) is 5.37. The van der Waals surface area contributed by atoms with E-state index >= 15 is 0 Å². The molecule has 0 atom stereocenters. The molecular weight excluding hydrogens is 128 g/mol. The van der Waals surface area contributed by atoms with Gasteiger partial charge in [0.1, 0.15) is 0 Å². The summed E-state index contributed by atoms with van der Waals surface area (Å²) in [6, 6.07) is 7.00. The number of rotatable bonds is 2. The van der Waals surface area contributed by atoms with Crippen LogP contribution in [0, 0.1) is 0 Å². The van der Waals surface area contributed by atoms with Gasteiger partial charge in [0.05, 0.1) is 0 Å². The van der Waals surface area contributed by atoms with E-state index in [1.54, 1.807) is 24.3 Å². The maximum Gasteiger partial charge on any atom is 0.211 e. The lowest BCUT2D eigenvalue weighted by atomic mass is 10.3. The molecule has 0 unspecified atom stereocenters. The molecule has 52 valence electrons. The van der Waals surface area contributed by atoms with Crippen molar-refractivity contribution >= 4 is 17.8 Å². The highest BCUT2D eigenvalue weighted by Crippen LogP contribution is 2.09. The summed E-state index contributed by atoms with van der Waals surface area (Å²) in [5, 5.41) is 2.49. The van der Waals surface area contributed by atoms with Crippen LogP contribution >= 0.6 is 0 Å². The van der Waals surface area contributed by atoms with Crippen LogP contribution in [0.4, 0.5) is 11.4 Å². The Morgan fingerprint density at radius 3 is 2.90 bits per heavy atom. The van der Waals surface area contributed by atoms with Gasteiger partial charge in [-0.05, 0) is 18.2 Å². The normalized spacial score (nSPS) is 8.80. The van der Waals surface area contributed by atoms with E-state index in [0.29, 0.717) is 12.1 Å². The predicted octanol–water partition coefficient (Wildman–Crippen LogP) is 0.837. The number of nitrogen functional groups attached to an aromatic ring is 1. The molecule has 0 aromatic heterocycles. The van der Waals surface area contributed by atoms with Crippen LogP contribution in [-0.4, -0.2) is 6.41 Å². The zero-order valence-electron chi connectivity index (χ0n) is 5.37.